The number of carboxylic acids is 1. The summed E-state index contributed by atoms with van der Waals surface area (Å²) in [6.07, 6.45) is 5.32. The van der Waals surface area contributed by atoms with Crippen molar-refractivity contribution in [1.82, 2.24) is 0 Å². The summed E-state index contributed by atoms with van der Waals surface area (Å²) in [7, 11) is -8.31. The van der Waals surface area contributed by atoms with E-state index >= 15 is 8.78 Å². The van der Waals surface area contributed by atoms with E-state index in [-0.39, 0.29) is 81.0 Å². The Hall–Kier alpha value is -3.55. The second kappa shape index (κ2) is 16.4. The van der Waals surface area contributed by atoms with Crippen LogP contribution in [0.5, 0.6) is 0 Å². The maximum atomic E-state index is 15.7. The number of aryl methyl sites for hydroxylation is 1. The summed E-state index contributed by atoms with van der Waals surface area (Å²) in [5.74, 6) is -9.78. The molecule has 282 valence electrons. The van der Waals surface area contributed by atoms with Crippen molar-refractivity contribution in [3.63, 3.8) is 0 Å². The van der Waals surface area contributed by atoms with Crippen molar-refractivity contribution >= 4 is 49.8 Å². The molecule has 0 saturated carbocycles. The monoisotopic (exact) mass is 766 g/mol. The van der Waals surface area contributed by atoms with Gasteiger partial charge in [-0.2, -0.15) is 4.57 Å². The molecule has 0 spiro atoms. The van der Waals surface area contributed by atoms with E-state index in [1.807, 2.05) is 0 Å². The molecule has 0 aliphatic carbocycles. The lowest BCUT2D eigenvalue weighted by Crippen LogP contribution is -2.35. The molecule has 1 unspecified atom stereocenters. The normalized spacial score (nSPS) is 17.7. The number of rotatable bonds is 18. The van der Waals surface area contributed by atoms with Crippen molar-refractivity contribution in [2.45, 2.75) is 76.7 Å². The SMILES string of the molecule is CC1(CCCCS(=O)(=O)[O-])/C(=C\C=C\c2oc3cc(F)ccc3[n+]2CCCCS(O)(O)O)N(CCCCCC(=O)O)c2c(F)c(F)c(F)c(F)c21. The minimum absolute atomic E-state index is 0.00136. The molecule has 0 amide bonds. The van der Waals surface area contributed by atoms with E-state index in [1.165, 1.54) is 42.2 Å². The second-order valence-electron chi connectivity index (χ2n) is 12.5. The van der Waals surface area contributed by atoms with Crippen molar-refractivity contribution in [2.24, 2.45) is 0 Å². The van der Waals surface area contributed by atoms with Crippen LogP contribution in [0.2, 0.25) is 0 Å². The summed E-state index contributed by atoms with van der Waals surface area (Å²) < 4.78 is 144. The number of carbonyl (C=O) groups is 1. The predicted molar refractivity (Wildman–Crippen MR) is 179 cm³/mol. The quantitative estimate of drug-likeness (QED) is 0.0254. The summed E-state index contributed by atoms with van der Waals surface area (Å²) >= 11 is 0. The number of halogens is 5. The first-order valence-corrected chi connectivity index (χ1v) is 19.4. The summed E-state index contributed by atoms with van der Waals surface area (Å²) in [5, 5.41) is 8.99. The van der Waals surface area contributed by atoms with Gasteiger partial charge in [-0.1, -0.05) is 18.9 Å². The van der Waals surface area contributed by atoms with Crippen LogP contribution in [0.1, 0.15) is 76.2 Å². The molecule has 4 rings (SSSR count). The maximum absolute atomic E-state index is 15.7. The molecule has 3 aromatic rings. The Kier molecular flexibility index (Phi) is 12.9. The highest BCUT2D eigenvalue weighted by molar-refractivity contribution is 8.19. The molecule has 1 aromatic heterocycles. The van der Waals surface area contributed by atoms with E-state index in [4.69, 9.17) is 9.52 Å². The number of carboxylic acid groups (broad SMARTS) is 1. The van der Waals surface area contributed by atoms with Crippen LogP contribution in [0.15, 0.2) is 40.5 Å². The van der Waals surface area contributed by atoms with Gasteiger partial charge in [-0.25, -0.2) is 30.4 Å². The molecule has 51 heavy (non-hydrogen) atoms. The molecule has 2 aromatic carbocycles. The highest BCUT2D eigenvalue weighted by Crippen LogP contribution is 2.54. The average molecular weight is 767 g/mol. The first-order valence-electron chi connectivity index (χ1n) is 16.1. The smallest absolute Gasteiger partial charge is 0.374 e. The van der Waals surface area contributed by atoms with Crippen LogP contribution in [-0.4, -0.2) is 55.8 Å². The number of aromatic nitrogens is 1. The van der Waals surface area contributed by atoms with Gasteiger partial charge in [0.25, 0.3) is 5.52 Å². The number of aliphatic carboxylic acids is 1. The van der Waals surface area contributed by atoms with Crippen LogP contribution in [0.4, 0.5) is 27.6 Å². The molecule has 1 atom stereocenters. The average Bonchev–Trinajstić information content (AvgIpc) is 3.49. The van der Waals surface area contributed by atoms with Gasteiger partial charge in [-0.3, -0.25) is 4.79 Å². The maximum Gasteiger partial charge on any atom is 0.374 e. The third kappa shape index (κ3) is 9.87. The Balaban J connectivity index is 1.79. The molecule has 18 heteroatoms. The van der Waals surface area contributed by atoms with Crippen LogP contribution >= 0.6 is 10.9 Å². The molecule has 2 heterocycles. The van der Waals surface area contributed by atoms with Crippen LogP contribution in [0.25, 0.3) is 17.2 Å². The largest absolute Gasteiger partial charge is 0.748 e. The van der Waals surface area contributed by atoms with Crippen LogP contribution in [0, 0.1) is 29.1 Å². The van der Waals surface area contributed by atoms with Crippen molar-refractivity contribution in [2.75, 3.05) is 23.0 Å². The Labute approximate surface area is 293 Å². The van der Waals surface area contributed by atoms with Gasteiger partial charge in [-0.15, -0.1) is 0 Å². The minimum atomic E-state index is -4.60. The van der Waals surface area contributed by atoms with Crippen LogP contribution < -0.4 is 9.47 Å². The third-order valence-corrected chi connectivity index (χ3v) is 10.4. The molecule has 0 saturated heterocycles. The number of hydrogen-bond acceptors (Lipinski definition) is 9. The highest BCUT2D eigenvalue weighted by Gasteiger charge is 2.49. The first-order chi connectivity index (χ1) is 23.8. The number of unbranched alkanes of at least 4 members (excludes halogenated alkanes) is 4. The number of oxazole rings is 1. The topological polar surface area (TPSA) is 175 Å². The van der Waals surface area contributed by atoms with E-state index in [1.54, 1.807) is 4.57 Å². The number of allylic oxidation sites excluding steroid dienone is 3. The number of anilines is 1. The van der Waals surface area contributed by atoms with Gasteiger partial charge in [-0.05, 0) is 51.2 Å². The van der Waals surface area contributed by atoms with E-state index < -0.39 is 78.5 Å². The fourth-order valence-electron chi connectivity index (χ4n) is 6.38. The van der Waals surface area contributed by atoms with Gasteiger partial charge in [0.2, 0.25) is 5.58 Å². The summed E-state index contributed by atoms with van der Waals surface area (Å²) in [5.41, 5.74) is -1.83. The van der Waals surface area contributed by atoms with Crippen molar-refractivity contribution in [3.05, 3.63) is 76.6 Å². The fourth-order valence-corrected chi connectivity index (χ4v) is 7.53. The zero-order chi connectivity index (χ0) is 37.7. The predicted octanol–water partition coefficient (Wildman–Crippen LogP) is 7.46. The Bertz CT molecular complexity index is 1930. The van der Waals surface area contributed by atoms with E-state index in [2.05, 4.69) is 0 Å². The van der Waals surface area contributed by atoms with Crippen LogP contribution in [-0.2, 0) is 26.9 Å². The van der Waals surface area contributed by atoms with Crippen molar-refractivity contribution in [1.29, 1.82) is 0 Å². The van der Waals surface area contributed by atoms with Crippen LogP contribution in [0.3, 0.4) is 0 Å². The lowest BCUT2D eigenvalue weighted by molar-refractivity contribution is -0.678. The number of benzene rings is 2. The number of hydrogen-bond donors (Lipinski definition) is 4. The molecule has 4 N–H and O–H groups in total. The van der Waals surface area contributed by atoms with E-state index in [0.717, 1.165) is 6.07 Å². The Morgan fingerprint density at radius 1 is 0.941 bits per heavy atom. The zero-order valence-electron chi connectivity index (χ0n) is 27.6. The molecule has 1 aliphatic rings. The second-order valence-corrected chi connectivity index (χ2v) is 15.7. The molecular weight excluding hydrogens is 727 g/mol. The molecule has 0 fully saturated rings. The summed E-state index contributed by atoms with van der Waals surface area (Å²) in [6, 6.07) is 3.83. The van der Waals surface area contributed by atoms with Gasteiger partial charge in [0.15, 0.2) is 29.8 Å². The Morgan fingerprint density at radius 3 is 2.29 bits per heavy atom. The van der Waals surface area contributed by atoms with E-state index in [9.17, 15) is 44.6 Å². The number of fused-ring (bicyclic) bond motifs is 2. The van der Waals surface area contributed by atoms with Gasteiger partial charge in [0, 0.05) is 59.7 Å². The molecule has 0 radical (unpaired) electrons. The number of nitrogens with zero attached hydrogens (tertiary/aromatic N) is 2. The van der Waals surface area contributed by atoms with E-state index in [0.29, 0.717) is 18.4 Å². The lowest BCUT2D eigenvalue weighted by atomic mass is 9.76. The molecule has 0 bridgehead atoms. The molecular formula is C33H39F5N2O9S2. The molecule has 11 nitrogen and oxygen atoms in total. The fraction of sp³-hybridized carbons (Fsp3) is 0.455. The Morgan fingerprint density at radius 2 is 1.63 bits per heavy atom. The van der Waals surface area contributed by atoms with Gasteiger partial charge < -0.3 is 32.6 Å². The third-order valence-electron chi connectivity index (χ3n) is 8.75. The van der Waals surface area contributed by atoms with Gasteiger partial charge in [0.1, 0.15) is 5.82 Å². The zero-order valence-corrected chi connectivity index (χ0v) is 29.2. The minimum Gasteiger partial charge on any atom is -0.748 e. The van der Waals surface area contributed by atoms with Gasteiger partial charge in [0.05, 0.1) is 32.8 Å². The summed E-state index contributed by atoms with van der Waals surface area (Å²) in [6.45, 7) is 1.62. The van der Waals surface area contributed by atoms with Gasteiger partial charge >= 0.3 is 11.9 Å². The van der Waals surface area contributed by atoms with Crippen molar-refractivity contribution in [3.8, 4) is 0 Å². The standard InChI is InChI=1S/C33H39F5N2O9S2/c1-33(15-4-7-18-50(43,44)45)24(40(17-5-2-3-12-26(41)42)32-27(33)28(35)29(36)30(37)31(32)38)10-9-11-25-39(16-6-8-19-51(46,47)48)22-14-13-21(34)20-23(22)49-25/h9-11,13-14,20H,2-8,12,15-19H2,1H3,(H4-,41,42,43,44,45,46,47,48). The molecule has 1 aliphatic heterocycles. The highest BCUT2D eigenvalue weighted by atomic mass is 32.3. The first kappa shape index (κ1) is 40.2. The summed E-state index contributed by atoms with van der Waals surface area (Å²) in [4.78, 5) is 12.3. The van der Waals surface area contributed by atoms with Crippen molar-refractivity contribution < 1.29 is 67.5 Å². The lowest BCUT2D eigenvalue weighted by Gasteiger charge is -2.30.